The minimum atomic E-state index is 0.131. The summed E-state index contributed by atoms with van der Waals surface area (Å²) >= 11 is 5.41. The van der Waals surface area contributed by atoms with Gasteiger partial charge in [-0.1, -0.05) is 18.2 Å². The highest BCUT2D eigenvalue weighted by atomic mass is 32.1. The van der Waals surface area contributed by atoms with Gasteiger partial charge in [0.1, 0.15) is 11.5 Å². The molecule has 0 saturated heterocycles. The lowest BCUT2D eigenvalue weighted by Crippen LogP contribution is -2.36. The Morgan fingerprint density at radius 3 is 2.32 bits per heavy atom. The van der Waals surface area contributed by atoms with E-state index in [1.54, 1.807) is 14.2 Å². The van der Waals surface area contributed by atoms with Gasteiger partial charge < -0.3 is 25.0 Å². The monoisotopic (exact) mass is 359 g/mol. The van der Waals surface area contributed by atoms with E-state index in [0.29, 0.717) is 11.7 Å². The first-order chi connectivity index (χ1) is 12.0. The zero-order chi connectivity index (χ0) is 18.2. The second kappa shape index (κ2) is 9.25. The summed E-state index contributed by atoms with van der Waals surface area (Å²) in [5.41, 5.74) is 2.03. The van der Waals surface area contributed by atoms with Gasteiger partial charge in [-0.2, -0.15) is 0 Å². The van der Waals surface area contributed by atoms with Crippen molar-refractivity contribution in [2.24, 2.45) is 0 Å². The quantitative estimate of drug-likeness (QED) is 0.740. The average Bonchev–Trinajstić information content (AvgIpc) is 2.62. The molecule has 0 saturated carbocycles. The van der Waals surface area contributed by atoms with Crippen molar-refractivity contribution in [1.29, 1.82) is 0 Å². The second-order valence-corrected chi connectivity index (χ2v) is 6.19. The van der Waals surface area contributed by atoms with Gasteiger partial charge in [0.25, 0.3) is 0 Å². The molecule has 0 heterocycles. The van der Waals surface area contributed by atoms with Gasteiger partial charge in [0, 0.05) is 17.8 Å². The molecule has 0 aliphatic heterocycles. The predicted molar refractivity (Wildman–Crippen MR) is 107 cm³/mol. The molecule has 134 valence electrons. The highest BCUT2D eigenvalue weighted by Gasteiger charge is 2.18. The molecule has 0 spiro atoms. The highest BCUT2D eigenvalue weighted by molar-refractivity contribution is 7.80. The van der Waals surface area contributed by atoms with Gasteiger partial charge >= 0.3 is 0 Å². The maximum atomic E-state index is 5.49. The molecule has 0 aromatic heterocycles. The number of thiocarbonyl (C=S) groups is 1. The molecular weight excluding hydrogens is 334 g/mol. The summed E-state index contributed by atoms with van der Waals surface area (Å²) in [6.07, 6.45) is 0. The van der Waals surface area contributed by atoms with Crippen LogP contribution in [0.15, 0.2) is 48.5 Å². The van der Waals surface area contributed by atoms with Crippen molar-refractivity contribution in [2.45, 2.75) is 6.04 Å². The Morgan fingerprint density at radius 2 is 1.72 bits per heavy atom. The number of ether oxygens (including phenoxy) is 2. The summed E-state index contributed by atoms with van der Waals surface area (Å²) in [5, 5.41) is 7.04. The molecule has 2 aromatic carbocycles. The lowest BCUT2D eigenvalue weighted by atomic mass is 10.0. The normalized spacial score (nSPS) is 11.7. The van der Waals surface area contributed by atoms with Crippen molar-refractivity contribution < 1.29 is 9.47 Å². The topological polar surface area (TPSA) is 45.8 Å². The van der Waals surface area contributed by atoms with Crippen LogP contribution in [0.25, 0.3) is 0 Å². The van der Waals surface area contributed by atoms with E-state index >= 15 is 0 Å². The number of para-hydroxylation sites is 1. The summed E-state index contributed by atoms with van der Waals surface area (Å²) in [7, 11) is 7.42. The maximum absolute atomic E-state index is 5.49. The first-order valence-electron chi connectivity index (χ1n) is 8.03. The molecule has 6 heteroatoms. The molecule has 2 rings (SSSR count). The molecule has 2 N–H and O–H groups in total. The van der Waals surface area contributed by atoms with Gasteiger partial charge in [0.2, 0.25) is 0 Å². The number of benzene rings is 2. The summed E-state index contributed by atoms with van der Waals surface area (Å²) in [6, 6.07) is 15.8. The van der Waals surface area contributed by atoms with Gasteiger partial charge in [-0.15, -0.1) is 0 Å². The van der Waals surface area contributed by atoms with Crippen molar-refractivity contribution in [2.75, 3.05) is 40.2 Å². The Balaban J connectivity index is 1.99. The predicted octanol–water partition coefficient (Wildman–Crippen LogP) is 3.29. The molecule has 0 aliphatic carbocycles. The molecule has 1 atom stereocenters. The fraction of sp³-hybridized carbons (Fsp3) is 0.316. The molecule has 5 nitrogen and oxygen atoms in total. The van der Waals surface area contributed by atoms with Gasteiger partial charge in [-0.25, -0.2) is 0 Å². The Labute approximate surface area is 154 Å². The van der Waals surface area contributed by atoms with Gasteiger partial charge in [0.15, 0.2) is 5.11 Å². The van der Waals surface area contributed by atoms with E-state index in [4.69, 9.17) is 21.7 Å². The first kappa shape index (κ1) is 19.0. The van der Waals surface area contributed by atoms with Gasteiger partial charge in [-0.3, -0.25) is 0 Å². The van der Waals surface area contributed by atoms with Crippen LogP contribution in [0.1, 0.15) is 11.6 Å². The van der Waals surface area contributed by atoms with Crippen molar-refractivity contribution in [3.63, 3.8) is 0 Å². The minimum absolute atomic E-state index is 0.131. The van der Waals surface area contributed by atoms with Crippen LogP contribution < -0.4 is 20.1 Å². The van der Waals surface area contributed by atoms with Crippen LogP contribution in [0.2, 0.25) is 0 Å². The minimum Gasteiger partial charge on any atom is -0.497 e. The zero-order valence-electron chi connectivity index (χ0n) is 15.1. The molecule has 0 aliphatic rings. The van der Waals surface area contributed by atoms with E-state index in [-0.39, 0.29) is 6.04 Å². The van der Waals surface area contributed by atoms with E-state index in [0.717, 1.165) is 22.7 Å². The van der Waals surface area contributed by atoms with Crippen LogP contribution >= 0.6 is 12.2 Å². The van der Waals surface area contributed by atoms with Gasteiger partial charge in [-0.05, 0) is 56.6 Å². The highest BCUT2D eigenvalue weighted by Crippen LogP contribution is 2.27. The largest absolute Gasteiger partial charge is 0.497 e. The van der Waals surface area contributed by atoms with Crippen LogP contribution in [-0.4, -0.2) is 44.9 Å². The SMILES string of the molecule is COc1ccc(NC(=S)NC[C@H](c2ccccc2OC)N(C)C)cc1. The molecule has 25 heavy (non-hydrogen) atoms. The van der Waals surface area contributed by atoms with Crippen LogP contribution in [0.4, 0.5) is 5.69 Å². The van der Waals surface area contributed by atoms with E-state index in [2.05, 4.69) is 21.6 Å². The number of methoxy groups -OCH3 is 2. The second-order valence-electron chi connectivity index (χ2n) is 5.78. The van der Waals surface area contributed by atoms with E-state index < -0.39 is 0 Å². The van der Waals surface area contributed by atoms with Gasteiger partial charge in [0.05, 0.1) is 20.3 Å². The van der Waals surface area contributed by atoms with E-state index in [9.17, 15) is 0 Å². The molecule has 2 aromatic rings. The van der Waals surface area contributed by atoms with Crippen molar-refractivity contribution in [3.05, 3.63) is 54.1 Å². The lowest BCUT2D eigenvalue weighted by molar-refractivity contribution is 0.288. The summed E-state index contributed by atoms with van der Waals surface area (Å²) in [6.45, 7) is 0.662. The molecule has 0 bridgehead atoms. The smallest absolute Gasteiger partial charge is 0.170 e. The molecule has 0 radical (unpaired) electrons. The average molecular weight is 359 g/mol. The van der Waals surface area contributed by atoms with Crippen LogP contribution in [0, 0.1) is 0 Å². The number of rotatable bonds is 7. The van der Waals surface area contributed by atoms with Crippen LogP contribution in [0.5, 0.6) is 11.5 Å². The molecule has 0 amide bonds. The molecule has 0 unspecified atom stereocenters. The van der Waals surface area contributed by atoms with E-state index in [1.165, 1.54) is 0 Å². The lowest BCUT2D eigenvalue weighted by Gasteiger charge is -2.27. The van der Waals surface area contributed by atoms with Crippen molar-refractivity contribution >= 4 is 23.0 Å². The number of anilines is 1. The Morgan fingerprint density at radius 1 is 1.04 bits per heavy atom. The third-order valence-electron chi connectivity index (χ3n) is 3.93. The standard InChI is InChI=1S/C19H25N3O2S/c1-22(2)17(16-7-5-6-8-18(16)24-4)13-20-19(25)21-14-9-11-15(23-3)12-10-14/h5-12,17H,13H2,1-4H3,(H2,20,21,25)/t17-/m1/s1. The number of hydrogen-bond acceptors (Lipinski definition) is 4. The Hall–Kier alpha value is -2.31. The number of hydrogen-bond donors (Lipinski definition) is 2. The Kier molecular flexibility index (Phi) is 7.03. The summed E-state index contributed by atoms with van der Waals surface area (Å²) in [4.78, 5) is 2.14. The summed E-state index contributed by atoms with van der Waals surface area (Å²) < 4.78 is 10.6. The van der Waals surface area contributed by atoms with Crippen molar-refractivity contribution in [1.82, 2.24) is 10.2 Å². The number of nitrogens with zero attached hydrogens (tertiary/aromatic N) is 1. The fourth-order valence-corrected chi connectivity index (χ4v) is 2.75. The molecular formula is C19H25N3O2S. The summed E-state index contributed by atoms with van der Waals surface area (Å²) in [5.74, 6) is 1.69. The maximum Gasteiger partial charge on any atom is 0.170 e. The van der Waals surface area contributed by atoms with Crippen LogP contribution in [0.3, 0.4) is 0 Å². The Bertz CT molecular complexity index is 689. The number of nitrogens with one attached hydrogen (secondary N) is 2. The first-order valence-corrected chi connectivity index (χ1v) is 8.44. The molecule has 0 fully saturated rings. The number of likely N-dealkylation sites (N-methyl/N-ethyl adjacent to an activating group) is 1. The zero-order valence-corrected chi connectivity index (χ0v) is 15.9. The van der Waals surface area contributed by atoms with Crippen molar-refractivity contribution in [3.8, 4) is 11.5 Å². The van der Waals surface area contributed by atoms with Crippen LogP contribution in [-0.2, 0) is 0 Å². The fourth-order valence-electron chi connectivity index (χ4n) is 2.55. The third kappa shape index (κ3) is 5.34. The van der Waals surface area contributed by atoms with E-state index in [1.807, 2.05) is 56.6 Å². The third-order valence-corrected chi connectivity index (χ3v) is 4.17.